The lowest BCUT2D eigenvalue weighted by Gasteiger charge is -2.34. The van der Waals surface area contributed by atoms with Crippen molar-refractivity contribution in [3.63, 3.8) is 0 Å². The number of carbonyl (C=O) groups is 1. The summed E-state index contributed by atoms with van der Waals surface area (Å²) in [5.41, 5.74) is 2.64. The third kappa shape index (κ3) is 6.44. The molecule has 0 N–H and O–H groups in total. The summed E-state index contributed by atoms with van der Waals surface area (Å²) in [5, 5.41) is 8.61. The molecule has 0 unspecified atom stereocenters. The van der Waals surface area contributed by atoms with Gasteiger partial charge in [0.2, 0.25) is 11.8 Å². The van der Waals surface area contributed by atoms with Crippen LogP contribution in [-0.4, -0.2) is 47.7 Å². The fourth-order valence-electron chi connectivity index (χ4n) is 7.04. The fraction of sp³-hybridized carbons (Fsp3) is 0.636. The van der Waals surface area contributed by atoms with Crippen molar-refractivity contribution in [1.29, 1.82) is 0 Å². The number of hydrogen-bond acceptors (Lipinski definition) is 8. The maximum atomic E-state index is 14.0. The van der Waals surface area contributed by atoms with Crippen LogP contribution in [0.1, 0.15) is 119 Å². The first-order valence-corrected chi connectivity index (χ1v) is 18.1. The van der Waals surface area contributed by atoms with Crippen molar-refractivity contribution in [2.45, 2.75) is 107 Å². The molecule has 0 bridgehead atoms. The highest BCUT2D eigenvalue weighted by molar-refractivity contribution is 7.91. The molecule has 3 heterocycles. The van der Waals surface area contributed by atoms with Crippen LogP contribution < -0.4 is 4.90 Å². The largest absolute Gasteiger partial charge is 0.356 e. The normalized spacial score (nSPS) is 22.0. The predicted molar refractivity (Wildman–Crippen MR) is 163 cm³/mol. The van der Waals surface area contributed by atoms with Crippen molar-refractivity contribution in [3.8, 4) is 11.3 Å². The van der Waals surface area contributed by atoms with Crippen LogP contribution in [0.2, 0.25) is 0 Å². The molecule has 4 fully saturated rings. The van der Waals surface area contributed by atoms with Gasteiger partial charge in [-0.15, -0.1) is 0 Å². The molecular formula is C33H42N4O5S. The number of amides is 1. The smallest absolute Gasteiger partial charge is 0.232 e. The Morgan fingerprint density at radius 2 is 1.67 bits per heavy atom. The van der Waals surface area contributed by atoms with E-state index in [0.29, 0.717) is 37.0 Å². The molecule has 9 nitrogen and oxygen atoms in total. The zero-order valence-corrected chi connectivity index (χ0v) is 25.7. The van der Waals surface area contributed by atoms with Crippen LogP contribution in [-0.2, 0) is 20.0 Å². The summed E-state index contributed by atoms with van der Waals surface area (Å²) in [7, 11) is -3.06. The average Bonchev–Trinajstić information content (AvgIpc) is 3.95. The Hall–Kier alpha value is -3.01. The van der Waals surface area contributed by atoms with Gasteiger partial charge in [0, 0.05) is 47.0 Å². The van der Waals surface area contributed by atoms with Crippen LogP contribution >= 0.6 is 0 Å². The third-order valence-electron chi connectivity index (χ3n) is 10.1. The summed E-state index contributed by atoms with van der Waals surface area (Å²) in [6.07, 6.45) is 13.9. The van der Waals surface area contributed by atoms with E-state index < -0.39 is 9.84 Å². The second-order valence-electron chi connectivity index (χ2n) is 13.4. The molecule has 0 radical (unpaired) electrons. The minimum Gasteiger partial charge on any atom is -0.356 e. The van der Waals surface area contributed by atoms with E-state index in [9.17, 15) is 13.2 Å². The highest BCUT2D eigenvalue weighted by atomic mass is 32.2. The van der Waals surface area contributed by atoms with Gasteiger partial charge in [0.15, 0.2) is 11.6 Å². The van der Waals surface area contributed by atoms with Gasteiger partial charge in [0.25, 0.3) is 0 Å². The Kier molecular flexibility index (Phi) is 7.90. The lowest BCUT2D eigenvalue weighted by Crippen LogP contribution is -2.40. The molecule has 1 saturated heterocycles. The van der Waals surface area contributed by atoms with E-state index in [2.05, 4.69) is 10.3 Å². The van der Waals surface area contributed by atoms with Gasteiger partial charge in [-0.25, -0.2) is 8.42 Å². The van der Waals surface area contributed by atoms with Gasteiger partial charge in [-0.1, -0.05) is 48.1 Å². The first-order chi connectivity index (χ1) is 20.9. The van der Waals surface area contributed by atoms with Crippen LogP contribution in [0.4, 0.5) is 5.69 Å². The summed E-state index contributed by atoms with van der Waals surface area (Å²) in [5.74, 6) is 3.26. The number of anilines is 1. The highest BCUT2D eigenvalue weighted by Gasteiger charge is 2.40. The maximum Gasteiger partial charge on any atom is 0.232 e. The molecule has 230 valence electrons. The topological polar surface area (TPSA) is 119 Å². The second kappa shape index (κ2) is 11.8. The first-order valence-electron chi connectivity index (χ1n) is 16.3. The zero-order chi connectivity index (χ0) is 29.4. The van der Waals surface area contributed by atoms with E-state index in [0.717, 1.165) is 86.4 Å². The number of benzene rings is 1. The lowest BCUT2D eigenvalue weighted by molar-refractivity contribution is -0.122. The summed E-state index contributed by atoms with van der Waals surface area (Å²) in [6.45, 7) is 0.572. The average molecular weight is 607 g/mol. The molecule has 4 aliphatic rings. The Labute approximate surface area is 253 Å². The Balaban J connectivity index is 1.08. The molecular weight excluding hydrogens is 564 g/mol. The predicted octanol–water partition coefficient (Wildman–Crippen LogP) is 6.71. The Morgan fingerprint density at radius 1 is 0.907 bits per heavy atom. The number of unbranched alkanes of at least 4 members (excludes halogenated alkanes) is 1. The van der Waals surface area contributed by atoms with Crippen LogP contribution in [0.5, 0.6) is 0 Å². The molecule has 1 amide bonds. The van der Waals surface area contributed by atoms with Crippen LogP contribution in [0.15, 0.2) is 39.4 Å². The van der Waals surface area contributed by atoms with Crippen LogP contribution in [0.3, 0.4) is 0 Å². The van der Waals surface area contributed by atoms with Gasteiger partial charge in [-0.2, -0.15) is 4.98 Å². The molecule has 3 aliphatic carbocycles. The van der Waals surface area contributed by atoms with E-state index in [-0.39, 0.29) is 28.7 Å². The van der Waals surface area contributed by atoms with Crippen LogP contribution in [0, 0.1) is 5.92 Å². The van der Waals surface area contributed by atoms with Gasteiger partial charge in [-0.3, -0.25) is 4.79 Å². The fourth-order valence-corrected chi connectivity index (χ4v) is 8.53. The zero-order valence-electron chi connectivity index (χ0n) is 24.9. The molecule has 3 saturated carbocycles. The van der Waals surface area contributed by atoms with E-state index in [1.165, 1.54) is 19.3 Å². The summed E-state index contributed by atoms with van der Waals surface area (Å²) in [4.78, 5) is 20.7. The monoisotopic (exact) mass is 606 g/mol. The van der Waals surface area contributed by atoms with E-state index >= 15 is 0 Å². The number of hydrogen-bond donors (Lipinski definition) is 0. The molecule has 7 rings (SSSR count). The quantitative estimate of drug-likeness (QED) is 0.221. The lowest BCUT2D eigenvalue weighted by atomic mass is 9.70. The van der Waals surface area contributed by atoms with Gasteiger partial charge in [0.1, 0.15) is 9.84 Å². The number of sulfone groups is 1. The molecule has 0 atom stereocenters. The van der Waals surface area contributed by atoms with Gasteiger partial charge in [0.05, 0.1) is 17.2 Å². The Bertz CT molecular complexity index is 1530. The molecule has 43 heavy (non-hydrogen) atoms. The number of carbonyl (C=O) groups excluding carboxylic acids is 1. The number of nitrogens with zero attached hydrogens (tertiary/aromatic N) is 4. The molecule has 1 aliphatic heterocycles. The summed E-state index contributed by atoms with van der Waals surface area (Å²) >= 11 is 0. The van der Waals surface area contributed by atoms with Crippen molar-refractivity contribution < 1.29 is 22.3 Å². The minimum atomic E-state index is -3.06. The first kappa shape index (κ1) is 28.7. The van der Waals surface area contributed by atoms with Crippen molar-refractivity contribution in [3.05, 3.63) is 47.7 Å². The number of aromatic nitrogens is 3. The summed E-state index contributed by atoms with van der Waals surface area (Å²) in [6, 6.07) is 9.95. The molecule has 1 aromatic carbocycles. The molecule has 3 aromatic rings. The van der Waals surface area contributed by atoms with Crippen LogP contribution in [0.25, 0.3) is 11.3 Å². The maximum absolute atomic E-state index is 14.0. The standard InChI is InChI=1S/C33H42N4O5S/c38-31(25-13-19-43(39,40)20-14-25)37(27-8-6-7-26(21-27)29-22-28(35-41-29)23-9-10-23)18-5-4-17-33(15-2-1-3-16-33)32-34-30(36-42-32)24-11-12-24/h6-8,21-25H,1-5,9-20H2. The highest BCUT2D eigenvalue weighted by Crippen LogP contribution is 2.45. The molecule has 2 aromatic heterocycles. The molecule has 10 heteroatoms. The third-order valence-corrected chi connectivity index (χ3v) is 11.8. The van der Waals surface area contributed by atoms with Gasteiger partial charge in [-0.05, 0) is 76.3 Å². The van der Waals surface area contributed by atoms with Crippen molar-refractivity contribution in [2.24, 2.45) is 5.92 Å². The SMILES string of the molecule is O=C(C1CCS(=O)(=O)CC1)N(CCCCC1(c2nc(C3CC3)no2)CCCCC1)c1cccc(-c2cc(C3CC3)no2)c1. The van der Waals surface area contributed by atoms with Crippen molar-refractivity contribution >= 4 is 21.4 Å². The van der Waals surface area contributed by atoms with Crippen molar-refractivity contribution in [2.75, 3.05) is 23.0 Å². The van der Waals surface area contributed by atoms with Crippen molar-refractivity contribution in [1.82, 2.24) is 15.3 Å². The van der Waals surface area contributed by atoms with E-state index in [1.807, 2.05) is 35.2 Å². The van der Waals surface area contributed by atoms with Gasteiger partial charge < -0.3 is 13.9 Å². The molecule has 0 spiro atoms. The van der Waals surface area contributed by atoms with E-state index in [4.69, 9.17) is 14.0 Å². The summed E-state index contributed by atoms with van der Waals surface area (Å²) < 4.78 is 35.8. The second-order valence-corrected chi connectivity index (χ2v) is 15.7. The number of rotatable bonds is 11. The van der Waals surface area contributed by atoms with Gasteiger partial charge >= 0.3 is 0 Å². The van der Waals surface area contributed by atoms with E-state index in [1.54, 1.807) is 0 Å². The minimum absolute atomic E-state index is 0.0154. The Morgan fingerprint density at radius 3 is 2.42 bits per heavy atom.